The van der Waals surface area contributed by atoms with Gasteiger partial charge in [0.25, 0.3) is 0 Å². The summed E-state index contributed by atoms with van der Waals surface area (Å²) >= 11 is 3.98. The van der Waals surface area contributed by atoms with E-state index in [1.54, 1.807) is 0 Å². The second-order valence-corrected chi connectivity index (χ2v) is 2.85. The number of hydrogen-bond acceptors (Lipinski definition) is 4. The first-order valence-electron chi connectivity index (χ1n) is 3.45. The van der Waals surface area contributed by atoms with Gasteiger partial charge in [-0.1, -0.05) is 0 Å². The molecule has 0 amide bonds. The molecule has 3 nitrogen and oxygen atoms in total. The van der Waals surface area contributed by atoms with Gasteiger partial charge in [0.1, 0.15) is 6.29 Å². The van der Waals surface area contributed by atoms with Gasteiger partial charge < -0.3 is 0 Å². The van der Waals surface area contributed by atoms with Crippen molar-refractivity contribution in [1.82, 2.24) is 0 Å². The van der Waals surface area contributed by atoms with Crippen molar-refractivity contribution in [3.05, 3.63) is 28.8 Å². The van der Waals surface area contributed by atoms with Crippen LogP contribution in [0.25, 0.3) is 0 Å². The summed E-state index contributed by atoms with van der Waals surface area (Å²) in [5, 5.41) is 0. The monoisotopic (exact) mass is 258 g/mol. The van der Waals surface area contributed by atoms with E-state index < -0.39 is 0 Å². The molecule has 0 aliphatic rings. The standard InChI is InChI=1S/C9H6O3S.Zn/c10-3-6-1-7(4-11)9(13)8(2-6)5-12;/h1-5,13H;. The van der Waals surface area contributed by atoms with Crippen LogP contribution in [0.3, 0.4) is 0 Å². The zero-order chi connectivity index (χ0) is 9.84. The number of rotatable bonds is 3. The van der Waals surface area contributed by atoms with E-state index in [-0.39, 0.29) is 30.6 Å². The summed E-state index contributed by atoms with van der Waals surface area (Å²) in [6.45, 7) is 0. The van der Waals surface area contributed by atoms with Gasteiger partial charge in [-0.05, 0) is 12.1 Å². The summed E-state index contributed by atoms with van der Waals surface area (Å²) in [7, 11) is 0. The maximum atomic E-state index is 10.5. The van der Waals surface area contributed by atoms with Crippen LogP contribution in [0.4, 0.5) is 0 Å². The van der Waals surface area contributed by atoms with Gasteiger partial charge in [-0.25, -0.2) is 0 Å². The van der Waals surface area contributed by atoms with Crippen molar-refractivity contribution in [2.75, 3.05) is 0 Å². The second kappa shape index (κ2) is 5.83. The molecule has 1 rings (SSSR count). The summed E-state index contributed by atoms with van der Waals surface area (Å²) in [6, 6.07) is 2.77. The molecule has 0 unspecified atom stereocenters. The first-order chi connectivity index (χ1) is 6.22. The van der Waals surface area contributed by atoms with Crippen molar-refractivity contribution in [3.8, 4) is 0 Å². The van der Waals surface area contributed by atoms with Crippen LogP contribution in [-0.4, -0.2) is 18.9 Å². The molecule has 0 aliphatic heterocycles. The average Bonchev–Trinajstić information content (AvgIpc) is 2.18. The van der Waals surface area contributed by atoms with E-state index in [1.165, 1.54) is 12.1 Å². The third kappa shape index (κ3) is 2.59. The quantitative estimate of drug-likeness (QED) is 0.507. The van der Waals surface area contributed by atoms with Gasteiger partial charge in [0.15, 0.2) is 12.6 Å². The third-order valence-electron chi connectivity index (χ3n) is 1.58. The molecule has 5 heteroatoms. The van der Waals surface area contributed by atoms with E-state index in [4.69, 9.17) is 0 Å². The van der Waals surface area contributed by atoms with E-state index in [2.05, 4.69) is 12.6 Å². The molecule has 0 aliphatic carbocycles. The summed E-state index contributed by atoms with van der Waals surface area (Å²) in [5.41, 5.74) is 0.784. The topological polar surface area (TPSA) is 51.2 Å². The predicted molar refractivity (Wildman–Crippen MR) is 49.9 cm³/mol. The Hall–Kier alpha value is -0.797. The molecule has 14 heavy (non-hydrogen) atoms. The molecule has 0 aromatic heterocycles. The fraction of sp³-hybridized carbons (Fsp3) is 0. The maximum absolute atomic E-state index is 10.5. The smallest absolute Gasteiger partial charge is 0.151 e. The van der Waals surface area contributed by atoms with Crippen molar-refractivity contribution in [1.29, 1.82) is 0 Å². The number of carbonyl (C=O) groups excluding carboxylic acids is 3. The second-order valence-electron chi connectivity index (χ2n) is 2.40. The Balaban J connectivity index is 0.00000169. The molecule has 0 atom stereocenters. The number of hydrogen-bond donors (Lipinski definition) is 1. The van der Waals surface area contributed by atoms with Gasteiger partial charge in [-0.2, -0.15) is 0 Å². The number of benzene rings is 1. The molecule has 68 valence electrons. The Bertz CT molecular complexity index is 347. The van der Waals surface area contributed by atoms with Crippen LogP contribution in [0.1, 0.15) is 31.1 Å². The Morgan fingerprint density at radius 3 is 1.64 bits per heavy atom. The van der Waals surface area contributed by atoms with Crippen LogP contribution < -0.4 is 0 Å². The minimum absolute atomic E-state index is 0. The van der Waals surface area contributed by atoms with E-state index in [0.717, 1.165) is 0 Å². The van der Waals surface area contributed by atoms with Gasteiger partial charge in [0.2, 0.25) is 0 Å². The van der Waals surface area contributed by atoms with Crippen molar-refractivity contribution in [2.45, 2.75) is 4.90 Å². The minimum atomic E-state index is 0. The van der Waals surface area contributed by atoms with Crippen LogP contribution >= 0.6 is 12.6 Å². The Kier molecular flexibility index (Phi) is 5.50. The fourth-order valence-corrected chi connectivity index (χ4v) is 1.19. The summed E-state index contributed by atoms with van der Waals surface area (Å²) in [6.07, 6.45) is 1.69. The van der Waals surface area contributed by atoms with Crippen LogP contribution in [0.5, 0.6) is 0 Å². The van der Waals surface area contributed by atoms with Crippen LogP contribution in [0.15, 0.2) is 17.0 Å². The van der Waals surface area contributed by atoms with E-state index >= 15 is 0 Å². The predicted octanol–water partition coefficient (Wildman–Crippen LogP) is 1.41. The molecule has 0 saturated carbocycles. The maximum Gasteiger partial charge on any atom is 0.151 e. The normalized spacial score (nSPS) is 8.64. The average molecular weight is 260 g/mol. The molecule has 0 N–H and O–H groups in total. The zero-order valence-electron chi connectivity index (χ0n) is 7.27. The molecular formula is C9H6O3SZn. The van der Waals surface area contributed by atoms with Crippen molar-refractivity contribution >= 4 is 31.5 Å². The van der Waals surface area contributed by atoms with Crippen molar-refractivity contribution in [2.24, 2.45) is 0 Å². The van der Waals surface area contributed by atoms with Gasteiger partial charge in [-0.15, -0.1) is 12.6 Å². The van der Waals surface area contributed by atoms with Crippen molar-refractivity contribution in [3.63, 3.8) is 0 Å². The number of thiol groups is 1. The molecule has 0 radical (unpaired) electrons. The summed E-state index contributed by atoms with van der Waals surface area (Å²) < 4.78 is 0. The Morgan fingerprint density at radius 1 is 0.929 bits per heavy atom. The summed E-state index contributed by atoms with van der Waals surface area (Å²) in [4.78, 5) is 31.7. The first kappa shape index (κ1) is 13.2. The van der Waals surface area contributed by atoms with Crippen LogP contribution in [-0.2, 0) is 19.5 Å². The SMILES string of the molecule is O=Cc1cc(C=O)c(S)c(C=O)c1.[Zn]. The van der Waals surface area contributed by atoms with Gasteiger partial charge >= 0.3 is 0 Å². The number of aldehydes is 3. The van der Waals surface area contributed by atoms with E-state index in [9.17, 15) is 14.4 Å². The minimum Gasteiger partial charge on any atom is -0.298 e. The molecule has 1 aromatic carbocycles. The van der Waals surface area contributed by atoms with Gasteiger partial charge in [0.05, 0.1) is 0 Å². The molecule has 1 aromatic rings. The third-order valence-corrected chi connectivity index (χ3v) is 2.10. The molecule has 0 spiro atoms. The zero-order valence-corrected chi connectivity index (χ0v) is 11.1. The van der Waals surface area contributed by atoms with Gasteiger partial charge in [0, 0.05) is 41.1 Å². The Labute approximate surface area is 99.0 Å². The molecule has 0 saturated heterocycles. The van der Waals surface area contributed by atoms with Crippen LogP contribution in [0, 0.1) is 0 Å². The molecular weight excluding hydrogens is 254 g/mol. The molecule has 0 bridgehead atoms. The largest absolute Gasteiger partial charge is 0.298 e. The van der Waals surface area contributed by atoms with Crippen LogP contribution in [0.2, 0.25) is 0 Å². The molecule has 0 heterocycles. The fourth-order valence-electron chi connectivity index (χ4n) is 0.952. The first-order valence-corrected chi connectivity index (χ1v) is 3.90. The van der Waals surface area contributed by atoms with E-state index in [0.29, 0.717) is 29.3 Å². The van der Waals surface area contributed by atoms with Crippen molar-refractivity contribution < 1.29 is 33.9 Å². The number of carbonyl (C=O) groups is 3. The Morgan fingerprint density at radius 2 is 1.36 bits per heavy atom. The summed E-state index contributed by atoms with van der Waals surface area (Å²) in [5.74, 6) is 0. The molecule has 0 fully saturated rings. The van der Waals surface area contributed by atoms with Gasteiger partial charge in [-0.3, -0.25) is 14.4 Å². The van der Waals surface area contributed by atoms with E-state index in [1.807, 2.05) is 0 Å².